The van der Waals surface area contributed by atoms with Gasteiger partial charge in [-0.1, -0.05) is 31.0 Å². The molecule has 0 unspecified atom stereocenters. The molecule has 166 valence electrons. The lowest BCUT2D eigenvalue weighted by molar-refractivity contribution is -0.134. The molecule has 0 bridgehead atoms. The lowest BCUT2D eigenvalue weighted by Crippen LogP contribution is -2.64. The van der Waals surface area contributed by atoms with Crippen LogP contribution < -0.4 is 5.32 Å². The van der Waals surface area contributed by atoms with E-state index in [1.165, 1.54) is 12.1 Å². The topological polar surface area (TPSA) is 67.2 Å². The number of rotatable bonds is 5. The zero-order valence-electron chi connectivity index (χ0n) is 17.9. The Balaban J connectivity index is 1.52. The summed E-state index contributed by atoms with van der Waals surface area (Å²) >= 11 is 1.55. The maximum Gasteiger partial charge on any atom is 0.273 e. The van der Waals surface area contributed by atoms with Crippen molar-refractivity contribution in [1.29, 1.82) is 0 Å². The van der Waals surface area contributed by atoms with Crippen LogP contribution in [0.5, 0.6) is 0 Å². The van der Waals surface area contributed by atoms with Gasteiger partial charge in [0.25, 0.3) is 5.91 Å². The van der Waals surface area contributed by atoms with Crippen LogP contribution in [0.3, 0.4) is 0 Å². The van der Waals surface area contributed by atoms with Gasteiger partial charge in [0.15, 0.2) is 0 Å². The molecule has 8 heteroatoms. The van der Waals surface area contributed by atoms with Crippen molar-refractivity contribution in [2.75, 3.05) is 0 Å². The van der Waals surface area contributed by atoms with E-state index in [9.17, 15) is 14.0 Å². The monoisotopic (exact) mass is 452 g/mol. The fourth-order valence-corrected chi connectivity index (χ4v) is 5.34. The van der Waals surface area contributed by atoms with Gasteiger partial charge in [-0.05, 0) is 55.0 Å². The molecule has 32 heavy (non-hydrogen) atoms. The first-order valence-corrected chi connectivity index (χ1v) is 11.8. The smallest absolute Gasteiger partial charge is 0.273 e. The highest BCUT2D eigenvalue weighted by Crippen LogP contribution is 2.33. The van der Waals surface area contributed by atoms with E-state index in [4.69, 9.17) is 0 Å². The van der Waals surface area contributed by atoms with Crippen molar-refractivity contribution < 1.29 is 14.0 Å². The Morgan fingerprint density at radius 2 is 2.06 bits per heavy atom. The van der Waals surface area contributed by atoms with Crippen LogP contribution in [0.15, 0.2) is 47.8 Å². The van der Waals surface area contributed by atoms with Crippen LogP contribution in [0.4, 0.5) is 4.39 Å². The van der Waals surface area contributed by atoms with E-state index in [0.717, 1.165) is 36.3 Å². The van der Waals surface area contributed by atoms with Gasteiger partial charge in [0, 0.05) is 12.6 Å². The zero-order chi connectivity index (χ0) is 22.3. The molecule has 0 spiro atoms. The van der Waals surface area contributed by atoms with E-state index in [2.05, 4.69) is 10.4 Å². The van der Waals surface area contributed by atoms with Gasteiger partial charge in [0.2, 0.25) is 5.91 Å². The third kappa shape index (κ3) is 3.72. The third-order valence-corrected chi connectivity index (χ3v) is 7.37. The summed E-state index contributed by atoms with van der Waals surface area (Å²) < 4.78 is 15.5. The van der Waals surface area contributed by atoms with E-state index in [1.54, 1.807) is 46.0 Å². The first-order chi connectivity index (χ1) is 15.4. The number of carbonyl (C=O) groups is 2. The summed E-state index contributed by atoms with van der Waals surface area (Å²) in [6.45, 7) is 2.17. The van der Waals surface area contributed by atoms with E-state index in [1.807, 2.05) is 17.5 Å². The van der Waals surface area contributed by atoms with Crippen molar-refractivity contribution in [3.8, 4) is 10.6 Å². The molecule has 1 aromatic carbocycles. The van der Waals surface area contributed by atoms with Gasteiger partial charge in [-0.2, -0.15) is 5.10 Å². The molecule has 1 aliphatic heterocycles. The second-order valence-corrected chi connectivity index (χ2v) is 9.75. The molecule has 5 rings (SSSR count). The number of hydrogen-bond donors (Lipinski definition) is 1. The molecule has 1 aliphatic carbocycles. The second kappa shape index (κ2) is 8.16. The first-order valence-electron chi connectivity index (χ1n) is 10.9. The molecule has 1 fully saturated rings. The van der Waals surface area contributed by atoms with E-state index < -0.39 is 5.54 Å². The lowest BCUT2D eigenvalue weighted by Gasteiger charge is -2.43. The Kier molecular flexibility index (Phi) is 5.33. The average molecular weight is 453 g/mol. The van der Waals surface area contributed by atoms with Crippen LogP contribution in [-0.4, -0.2) is 38.1 Å². The quantitative estimate of drug-likeness (QED) is 0.630. The van der Waals surface area contributed by atoms with Gasteiger partial charge in [-0.3, -0.25) is 14.3 Å². The Bertz CT molecular complexity index is 1150. The molecular weight excluding hydrogens is 427 g/mol. The Labute approximate surface area is 190 Å². The van der Waals surface area contributed by atoms with Crippen LogP contribution in [0.25, 0.3) is 10.6 Å². The number of halogens is 1. The Morgan fingerprint density at radius 1 is 1.25 bits per heavy atom. The van der Waals surface area contributed by atoms with Crippen LogP contribution >= 0.6 is 11.3 Å². The minimum atomic E-state index is -1.14. The highest BCUT2D eigenvalue weighted by molar-refractivity contribution is 7.13. The molecule has 0 saturated heterocycles. The minimum absolute atomic E-state index is 0.131. The molecule has 2 aromatic heterocycles. The van der Waals surface area contributed by atoms with Gasteiger partial charge in [-0.15, -0.1) is 11.3 Å². The predicted octanol–water partition coefficient (Wildman–Crippen LogP) is 4.22. The molecule has 0 radical (unpaired) electrons. The third-order valence-electron chi connectivity index (χ3n) is 6.48. The second-order valence-electron chi connectivity index (χ2n) is 8.80. The van der Waals surface area contributed by atoms with Crippen molar-refractivity contribution in [1.82, 2.24) is 20.0 Å². The van der Waals surface area contributed by atoms with Crippen LogP contribution in [0.2, 0.25) is 0 Å². The van der Waals surface area contributed by atoms with Gasteiger partial charge in [0.1, 0.15) is 22.7 Å². The molecule has 2 amide bonds. The number of hydrogen-bond acceptors (Lipinski definition) is 4. The molecule has 3 heterocycles. The highest BCUT2D eigenvalue weighted by atomic mass is 32.1. The number of nitrogens with one attached hydrogen (secondary N) is 1. The summed E-state index contributed by atoms with van der Waals surface area (Å²) in [5.74, 6) is -0.832. The Morgan fingerprint density at radius 3 is 2.78 bits per heavy atom. The number of carbonyl (C=O) groups excluding carboxylic acids is 2. The average Bonchev–Trinajstić information content (AvgIpc) is 3.52. The minimum Gasteiger partial charge on any atom is -0.351 e. The van der Waals surface area contributed by atoms with Crippen LogP contribution in [-0.2, 0) is 17.9 Å². The van der Waals surface area contributed by atoms with Crippen molar-refractivity contribution in [2.45, 2.75) is 57.3 Å². The van der Waals surface area contributed by atoms with Gasteiger partial charge < -0.3 is 10.2 Å². The number of nitrogens with zero attached hydrogens (tertiary/aromatic N) is 3. The fourth-order valence-electron chi connectivity index (χ4n) is 4.66. The predicted molar refractivity (Wildman–Crippen MR) is 121 cm³/mol. The van der Waals surface area contributed by atoms with E-state index in [0.29, 0.717) is 11.3 Å². The van der Waals surface area contributed by atoms with Crippen molar-refractivity contribution >= 4 is 23.2 Å². The van der Waals surface area contributed by atoms with Crippen molar-refractivity contribution in [3.05, 3.63) is 64.9 Å². The maximum absolute atomic E-state index is 13.8. The standard InChI is InChI=1S/C24H25FN4O2S/c1-24(23(31)26-18-8-2-3-9-18)15-29-20(13-19(27-29)21-10-5-11-32-21)22(30)28(24)14-16-6-4-7-17(25)12-16/h4-7,10-13,18H,2-3,8-9,14-15H2,1H3,(H,26,31)/t24-/m1/s1. The summed E-state index contributed by atoms with van der Waals surface area (Å²) in [6, 6.07) is 12.0. The van der Waals surface area contributed by atoms with E-state index in [-0.39, 0.29) is 36.8 Å². The molecule has 1 saturated carbocycles. The number of aromatic nitrogens is 2. The number of amides is 2. The lowest BCUT2D eigenvalue weighted by atomic mass is 9.93. The zero-order valence-corrected chi connectivity index (χ0v) is 18.7. The van der Waals surface area contributed by atoms with Crippen molar-refractivity contribution in [3.63, 3.8) is 0 Å². The first kappa shape index (κ1) is 20.9. The van der Waals surface area contributed by atoms with Gasteiger partial charge in [0.05, 0.1) is 11.4 Å². The number of benzene rings is 1. The molecule has 6 nitrogen and oxygen atoms in total. The molecule has 1 N–H and O–H groups in total. The van der Waals surface area contributed by atoms with Gasteiger partial charge in [-0.25, -0.2) is 4.39 Å². The molecule has 3 aromatic rings. The molecular formula is C24H25FN4O2S. The number of fused-ring (bicyclic) bond motifs is 1. The fraction of sp³-hybridized carbons (Fsp3) is 0.375. The van der Waals surface area contributed by atoms with E-state index >= 15 is 0 Å². The summed E-state index contributed by atoms with van der Waals surface area (Å²) in [6.07, 6.45) is 4.10. The largest absolute Gasteiger partial charge is 0.351 e. The summed E-state index contributed by atoms with van der Waals surface area (Å²) in [5.41, 5.74) is 0.660. The normalized spacial score (nSPS) is 21.1. The van der Waals surface area contributed by atoms with Crippen LogP contribution in [0.1, 0.15) is 48.7 Å². The number of thiophene rings is 1. The van der Waals surface area contributed by atoms with Gasteiger partial charge >= 0.3 is 0 Å². The summed E-state index contributed by atoms with van der Waals surface area (Å²) in [4.78, 5) is 29.7. The SMILES string of the molecule is C[C@]1(C(=O)NC2CCCC2)Cn2nc(-c3cccs3)cc2C(=O)N1Cc1cccc(F)c1. The summed E-state index contributed by atoms with van der Waals surface area (Å²) in [7, 11) is 0. The van der Waals surface area contributed by atoms with Crippen LogP contribution in [0, 0.1) is 5.82 Å². The Hall–Kier alpha value is -3.00. The van der Waals surface area contributed by atoms with Crippen molar-refractivity contribution in [2.24, 2.45) is 0 Å². The highest BCUT2D eigenvalue weighted by Gasteiger charge is 2.48. The molecule has 2 aliphatic rings. The molecule has 1 atom stereocenters. The maximum atomic E-state index is 13.8. The summed E-state index contributed by atoms with van der Waals surface area (Å²) in [5, 5.41) is 9.77.